The van der Waals surface area contributed by atoms with Gasteiger partial charge in [0.1, 0.15) is 17.3 Å². The van der Waals surface area contributed by atoms with E-state index in [0.717, 1.165) is 12.5 Å². The highest BCUT2D eigenvalue weighted by Gasteiger charge is 2.21. The van der Waals surface area contributed by atoms with E-state index in [2.05, 4.69) is 19.9 Å². The van der Waals surface area contributed by atoms with Gasteiger partial charge in [0.2, 0.25) is 15.0 Å². The maximum atomic E-state index is 11.6. The number of nitrogens with one attached hydrogen (secondary N) is 1. The number of aromatic amines is 1. The molecule has 10 heteroatoms. The van der Waals surface area contributed by atoms with Crippen molar-refractivity contribution in [3.63, 3.8) is 0 Å². The van der Waals surface area contributed by atoms with Gasteiger partial charge in [-0.05, 0) is 12.1 Å². The molecule has 0 saturated carbocycles. The van der Waals surface area contributed by atoms with E-state index in [9.17, 15) is 18.8 Å². The third-order valence-corrected chi connectivity index (χ3v) is 4.39. The van der Waals surface area contributed by atoms with Gasteiger partial charge in [0.25, 0.3) is 0 Å². The number of rotatable bonds is 3. The van der Waals surface area contributed by atoms with E-state index in [1.807, 2.05) is 6.07 Å². The minimum absolute atomic E-state index is 0.103. The van der Waals surface area contributed by atoms with Crippen LogP contribution in [-0.4, -0.2) is 39.7 Å². The smallest absolute Gasteiger partial charge is 0.247 e. The van der Waals surface area contributed by atoms with Gasteiger partial charge in [-0.15, -0.1) is 0 Å². The summed E-state index contributed by atoms with van der Waals surface area (Å²) in [5, 5.41) is 19.3. The number of H-pyrrole nitrogens is 1. The van der Waals surface area contributed by atoms with E-state index in [4.69, 9.17) is 11.6 Å². The van der Waals surface area contributed by atoms with Gasteiger partial charge in [0.15, 0.2) is 11.6 Å². The molecule has 1 aromatic carbocycles. The number of nitriles is 1. The summed E-state index contributed by atoms with van der Waals surface area (Å²) in [6.45, 7) is 0. The first-order chi connectivity index (χ1) is 11.8. The Morgan fingerprint density at radius 3 is 2.68 bits per heavy atom. The third kappa shape index (κ3) is 3.17. The fourth-order valence-corrected chi connectivity index (χ4v) is 2.79. The summed E-state index contributed by atoms with van der Waals surface area (Å²) in [5.41, 5.74) is 0.776. The minimum atomic E-state index is -3.71. The minimum Gasteiger partial charge on any atom is -0.504 e. The molecule has 0 atom stereocenters. The Hall–Kier alpha value is -2.96. The van der Waals surface area contributed by atoms with Crippen molar-refractivity contribution in [3.05, 3.63) is 47.0 Å². The number of nitrogens with zero attached hydrogens (tertiary/aromatic N) is 4. The van der Waals surface area contributed by atoms with Gasteiger partial charge >= 0.3 is 0 Å². The van der Waals surface area contributed by atoms with E-state index in [1.165, 1.54) is 0 Å². The van der Waals surface area contributed by atoms with Gasteiger partial charge in [0, 0.05) is 6.26 Å². The molecule has 0 amide bonds. The van der Waals surface area contributed by atoms with Crippen LogP contribution in [0.5, 0.6) is 0 Å². The van der Waals surface area contributed by atoms with Gasteiger partial charge in [-0.25, -0.2) is 23.4 Å². The molecule has 0 saturated heterocycles. The van der Waals surface area contributed by atoms with E-state index >= 15 is 0 Å². The molecule has 0 aliphatic rings. The molecule has 8 nitrogen and oxygen atoms in total. The number of allylic oxidation sites excluding steroid dienone is 1. The molecule has 0 unspecified atom stereocenters. The van der Waals surface area contributed by atoms with Gasteiger partial charge in [-0.2, -0.15) is 5.26 Å². The highest BCUT2D eigenvalue weighted by Crippen LogP contribution is 2.27. The molecule has 25 heavy (non-hydrogen) atoms. The number of halogens is 1. The average molecular weight is 376 g/mol. The molecule has 0 fully saturated rings. The molecule has 0 aliphatic heterocycles. The second kappa shape index (κ2) is 6.16. The van der Waals surface area contributed by atoms with Crippen molar-refractivity contribution in [2.75, 3.05) is 6.26 Å². The van der Waals surface area contributed by atoms with E-state index < -0.39 is 20.8 Å². The van der Waals surface area contributed by atoms with Crippen LogP contribution in [0.1, 0.15) is 11.5 Å². The van der Waals surface area contributed by atoms with Crippen LogP contribution in [0.15, 0.2) is 35.6 Å². The molecule has 0 aliphatic carbocycles. The summed E-state index contributed by atoms with van der Waals surface area (Å²) in [4.78, 5) is 14.5. The summed E-state index contributed by atoms with van der Waals surface area (Å²) in [6.07, 6.45) is 1.97. The standard InChI is InChI=1S/C15H10ClN5O3S/c1-25(23,24)15-18-7-9(16)12(21-15)13(22)8(6-17)14-19-10-4-2-3-5-11(10)20-14/h2-5,7,22H,1H3,(H,19,20)/b13-8-. The maximum Gasteiger partial charge on any atom is 0.247 e. The van der Waals surface area contributed by atoms with Crippen molar-refractivity contribution in [2.45, 2.75) is 5.16 Å². The highest BCUT2D eigenvalue weighted by atomic mass is 35.5. The van der Waals surface area contributed by atoms with Crippen LogP contribution >= 0.6 is 11.6 Å². The Labute approximate surface area is 147 Å². The number of fused-ring (bicyclic) bond motifs is 1. The predicted molar refractivity (Wildman–Crippen MR) is 91.3 cm³/mol. The topological polar surface area (TPSA) is 133 Å². The number of hydrogen-bond acceptors (Lipinski definition) is 7. The first kappa shape index (κ1) is 16.9. The van der Waals surface area contributed by atoms with Crippen LogP contribution in [0.2, 0.25) is 5.02 Å². The molecule has 3 rings (SSSR count). The van der Waals surface area contributed by atoms with Gasteiger partial charge in [-0.3, -0.25) is 0 Å². The molecular formula is C15H10ClN5O3S. The fraction of sp³-hybridized carbons (Fsp3) is 0.0667. The van der Waals surface area contributed by atoms with Gasteiger partial charge in [-0.1, -0.05) is 23.7 Å². The van der Waals surface area contributed by atoms with Crippen LogP contribution < -0.4 is 0 Å². The van der Waals surface area contributed by atoms with Crippen LogP contribution in [0.4, 0.5) is 0 Å². The van der Waals surface area contributed by atoms with Gasteiger partial charge < -0.3 is 10.1 Å². The Morgan fingerprint density at radius 1 is 1.32 bits per heavy atom. The number of imidazole rings is 1. The summed E-state index contributed by atoms with van der Waals surface area (Å²) in [5.74, 6) is -0.490. The molecule has 0 spiro atoms. The fourth-order valence-electron chi connectivity index (χ4n) is 2.10. The number of benzene rings is 1. The first-order valence-electron chi connectivity index (χ1n) is 6.82. The number of aliphatic hydroxyl groups excluding tert-OH is 1. The van der Waals surface area contributed by atoms with Crippen LogP contribution in [0, 0.1) is 11.3 Å². The van der Waals surface area contributed by atoms with Crippen LogP contribution in [0.25, 0.3) is 22.4 Å². The molecule has 2 heterocycles. The summed E-state index contributed by atoms with van der Waals surface area (Å²) in [6, 6.07) is 8.90. The number of sulfone groups is 1. The van der Waals surface area contributed by atoms with E-state index in [1.54, 1.807) is 24.3 Å². The Balaban J connectivity index is 2.22. The Kier molecular flexibility index (Phi) is 4.16. The van der Waals surface area contributed by atoms with Crippen molar-refractivity contribution >= 4 is 43.8 Å². The third-order valence-electron chi connectivity index (χ3n) is 3.25. The zero-order valence-electron chi connectivity index (χ0n) is 12.7. The summed E-state index contributed by atoms with van der Waals surface area (Å²) in [7, 11) is -3.71. The molecular weight excluding hydrogens is 366 g/mol. The van der Waals surface area contributed by atoms with Crippen molar-refractivity contribution < 1.29 is 13.5 Å². The quantitative estimate of drug-likeness (QED) is 0.407. The molecule has 2 aromatic heterocycles. The molecule has 3 aromatic rings. The predicted octanol–water partition coefficient (Wildman–Crippen LogP) is 2.36. The molecule has 0 bridgehead atoms. The maximum absolute atomic E-state index is 11.6. The number of aromatic nitrogens is 4. The lowest BCUT2D eigenvalue weighted by atomic mass is 10.2. The van der Waals surface area contributed by atoms with E-state index in [-0.39, 0.29) is 22.1 Å². The number of hydrogen-bond donors (Lipinski definition) is 2. The second-order valence-corrected chi connectivity index (χ2v) is 7.38. The first-order valence-corrected chi connectivity index (χ1v) is 9.09. The van der Waals surface area contributed by atoms with Gasteiger partial charge in [0.05, 0.1) is 22.3 Å². The zero-order valence-corrected chi connectivity index (χ0v) is 14.3. The summed E-state index contributed by atoms with van der Waals surface area (Å²) < 4.78 is 23.2. The lowest BCUT2D eigenvalue weighted by Gasteiger charge is -2.05. The largest absolute Gasteiger partial charge is 0.504 e. The molecule has 126 valence electrons. The van der Waals surface area contributed by atoms with Crippen molar-refractivity contribution in [2.24, 2.45) is 0 Å². The highest BCUT2D eigenvalue weighted by molar-refractivity contribution is 7.90. The Morgan fingerprint density at radius 2 is 2.04 bits per heavy atom. The Bertz CT molecular complexity index is 1130. The normalized spacial score (nSPS) is 12.7. The zero-order chi connectivity index (χ0) is 18.2. The lowest BCUT2D eigenvalue weighted by Crippen LogP contribution is -2.07. The average Bonchev–Trinajstić information content (AvgIpc) is 2.98. The monoisotopic (exact) mass is 375 g/mol. The van der Waals surface area contributed by atoms with Crippen LogP contribution in [-0.2, 0) is 9.84 Å². The lowest BCUT2D eigenvalue weighted by molar-refractivity contribution is 0.508. The van der Waals surface area contributed by atoms with Crippen molar-refractivity contribution in [1.82, 2.24) is 19.9 Å². The SMILES string of the molecule is CS(=O)(=O)c1ncc(Cl)c(/C(O)=C(\C#N)c2nc3ccccc3[nH]2)n1. The van der Waals surface area contributed by atoms with E-state index in [0.29, 0.717) is 11.0 Å². The number of aliphatic hydroxyl groups is 1. The van der Waals surface area contributed by atoms with Crippen molar-refractivity contribution in [3.8, 4) is 6.07 Å². The van der Waals surface area contributed by atoms with Crippen molar-refractivity contribution in [1.29, 1.82) is 5.26 Å². The van der Waals surface area contributed by atoms with Crippen LogP contribution in [0.3, 0.4) is 0 Å². The number of para-hydroxylation sites is 2. The molecule has 2 N–H and O–H groups in total. The second-order valence-electron chi connectivity index (χ2n) is 5.06. The molecule has 0 radical (unpaired) electrons. The summed E-state index contributed by atoms with van der Waals surface area (Å²) >= 11 is 5.95.